The lowest BCUT2D eigenvalue weighted by Gasteiger charge is -2.21. The van der Waals surface area contributed by atoms with Crippen LogP contribution in [0.2, 0.25) is 0 Å². The molecule has 0 aromatic rings. The summed E-state index contributed by atoms with van der Waals surface area (Å²) in [4.78, 5) is 0. The smallest absolute Gasteiger partial charge is 0.208 e. The number of nitrogens with two attached hydrogens (primary N) is 6. The van der Waals surface area contributed by atoms with Gasteiger partial charge < -0.3 is 34.4 Å². The molecule has 0 amide bonds. The first-order valence-corrected chi connectivity index (χ1v) is 7.58. The van der Waals surface area contributed by atoms with E-state index in [9.17, 15) is 0 Å². The summed E-state index contributed by atoms with van der Waals surface area (Å²) >= 11 is 0. The van der Waals surface area contributed by atoms with E-state index in [1.54, 1.807) is 0 Å². The summed E-state index contributed by atoms with van der Waals surface area (Å²) in [5.74, 6) is 0.115. The Kier molecular flexibility index (Phi) is 11.6. The normalized spacial score (nSPS) is 10.1. The molecular weight excluding hydrogens is 284 g/mol. The molecule has 10 heteroatoms. The summed E-state index contributed by atoms with van der Waals surface area (Å²) in [5, 5.41) is 11.8. The van der Waals surface area contributed by atoms with Gasteiger partial charge in [0.25, 0.3) is 0 Å². The Hall–Kier alpha value is -1.94. The number of unbranched alkanes of at least 4 members (excludes halogenated alkanes) is 1. The molecule has 0 spiro atoms. The predicted molar refractivity (Wildman–Crippen MR) is 91.3 cm³/mol. The Morgan fingerprint density at radius 2 is 0.909 bits per heavy atom. The van der Waals surface area contributed by atoms with Crippen LogP contribution < -0.4 is 34.4 Å². The average Bonchev–Trinajstić information content (AvgIpc) is 2.44. The van der Waals surface area contributed by atoms with Gasteiger partial charge in [-0.25, -0.2) is 0 Å². The van der Waals surface area contributed by atoms with Crippen molar-refractivity contribution in [1.82, 2.24) is 10.0 Å². The predicted octanol–water partition coefficient (Wildman–Crippen LogP) is -2.55. The van der Waals surface area contributed by atoms with E-state index < -0.39 is 0 Å². The van der Waals surface area contributed by atoms with E-state index in [-0.39, 0.29) is 11.9 Å². The largest absolute Gasteiger partial charge is 0.369 e. The maximum absolute atomic E-state index is 5.50. The van der Waals surface area contributed by atoms with Gasteiger partial charge in [-0.15, -0.1) is 10.2 Å². The number of nitrogens with zero attached hydrogens (tertiary/aromatic N) is 4. The molecule has 0 bridgehead atoms. The van der Waals surface area contributed by atoms with Gasteiger partial charge in [0, 0.05) is 26.2 Å². The maximum Gasteiger partial charge on any atom is 0.208 e. The minimum Gasteiger partial charge on any atom is -0.369 e. The monoisotopic (exact) mass is 316 g/mol. The van der Waals surface area contributed by atoms with Crippen molar-refractivity contribution in [2.45, 2.75) is 25.7 Å². The zero-order valence-electron chi connectivity index (χ0n) is 13.3. The Labute approximate surface area is 132 Å². The molecule has 0 aliphatic heterocycles. The van der Waals surface area contributed by atoms with Gasteiger partial charge in [0.15, 0.2) is 0 Å². The van der Waals surface area contributed by atoms with E-state index in [0.717, 1.165) is 51.9 Å². The standard InChI is InChI=1S/C12H32N10/c13-5-3-9-21(19-11(15)16)7-1-2-8-22(10-4-6-14)20-12(17)18/h1-10,13-14H2,(H4,15,16,19)(H4,17,18,20). The lowest BCUT2D eigenvalue weighted by Crippen LogP contribution is -2.32. The van der Waals surface area contributed by atoms with Crippen molar-refractivity contribution in [3.8, 4) is 0 Å². The van der Waals surface area contributed by atoms with Crippen molar-refractivity contribution >= 4 is 11.9 Å². The van der Waals surface area contributed by atoms with Gasteiger partial charge in [0.1, 0.15) is 0 Å². The fourth-order valence-electron chi connectivity index (χ4n) is 1.89. The summed E-state index contributed by atoms with van der Waals surface area (Å²) < 4.78 is 0. The van der Waals surface area contributed by atoms with Crippen molar-refractivity contribution in [2.24, 2.45) is 44.6 Å². The summed E-state index contributed by atoms with van der Waals surface area (Å²) in [6.45, 7) is 4.19. The van der Waals surface area contributed by atoms with Gasteiger partial charge in [-0.1, -0.05) is 0 Å². The van der Waals surface area contributed by atoms with Crippen LogP contribution in [0.25, 0.3) is 0 Å². The van der Waals surface area contributed by atoms with Crippen molar-refractivity contribution in [1.29, 1.82) is 0 Å². The lowest BCUT2D eigenvalue weighted by atomic mass is 10.3. The van der Waals surface area contributed by atoms with Crippen molar-refractivity contribution in [3.05, 3.63) is 0 Å². The van der Waals surface area contributed by atoms with E-state index >= 15 is 0 Å². The number of hydrogen-bond donors (Lipinski definition) is 6. The molecule has 0 unspecified atom stereocenters. The van der Waals surface area contributed by atoms with E-state index in [1.165, 1.54) is 0 Å². The van der Waals surface area contributed by atoms with Crippen molar-refractivity contribution in [3.63, 3.8) is 0 Å². The lowest BCUT2D eigenvalue weighted by molar-refractivity contribution is 0.249. The molecule has 0 saturated carbocycles. The van der Waals surface area contributed by atoms with E-state index in [2.05, 4.69) is 10.2 Å². The average molecular weight is 316 g/mol. The fraction of sp³-hybridized carbons (Fsp3) is 0.833. The summed E-state index contributed by atoms with van der Waals surface area (Å²) in [7, 11) is 0. The van der Waals surface area contributed by atoms with Gasteiger partial charge in [-0.3, -0.25) is 10.0 Å². The number of rotatable bonds is 13. The summed E-state index contributed by atoms with van der Waals surface area (Å²) in [6, 6.07) is 0. The first kappa shape index (κ1) is 20.1. The number of hydrogen-bond acceptors (Lipinski definition) is 6. The fourth-order valence-corrected chi connectivity index (χ4v) is 1.89. The minimum atomic E-state index is 0.0575. The maximum atomic E-state index is 5.50. The molecule has 0 fully saturated rings. The van der Waals surface area contributed by atoms with Gasteiger partial charge in [0.05, 0.1) is 0 Å². The van der Waals surface area contributed by atoms with Crippen molar-refractivity contribution in [2.75, 3.05) is 39.3 Å². The second-order valence-corrected chi connectivity index (χ2v) is 4.95. The topological polar surface area (TPSA) is 187 Å². The van der Waals surface area contributed by atoms with Gasteiger partial charge >= 0.3 is 0 Å². The SMILES string of the molecule is NCCCN(CCCCN(CCCN)N=C(N)N)N=C(N)N. The highest BCUT2D eigenvalue weighted by atomic mass is 15.5. The molecule has 22 heavy (non-hydrogen) atoms. The molecule has 0 aliphatic carbocycles. The highest BCUT2D eigenvalue weighted by Gasteiger charge is 2.04. The molecule has 0 rings (SSSR count). The van der Waals surface area contributed by atoms with Crippen LogP contribution in [0.3, 0.4) is 0 Å². The molecule has 12 N–H and O–H groups in total. The molecule has 10 nitrogen and oxygen atoms in total. The van der Waals surface area contributed by atoms with Crippen LogP contribution >= 0.6 is 0 Å². The first-order chi connectivity index (χ1) is 10.5. The Bertz CT molecular complexity index is 290. The van der Waals surface area contributed by atoms with Gasteiger partial charge in [-0.05, 0) is 38.8 Å². The van der Waals surface area contributed by atoms with E-state index in [0.29, 0.717) is 13.1 Å². The zero-order valence-corrected chi connectivity index (χ0v) is 13.3. The van der Waals surface area contributed by atoms with E-state index in [1.807, 2.05) is 10.0 Å². The molecule has 130 valence electrons. The number of hydrazone groups is 2. The van der Waals surface area contributed by atoms with Crippen LogP contribution in [0.15, 0.2) is 10.2 Å². The van der Waals surface area contributed by atoms with Crippen LogP contribution in [0, 0.1) is 0 Å². The zero-order chi connectivity index (χ0) is 16.8. The van der Waals surface area contributed by atoms with Crippen LogP contribution in [0.5, 0.6) is 0 Å². The van der Waals surface area contributed by atoms with Crippen LogP contribution in [-0.4, -0.2) is 61.2 Å². The summed E-state index contributed by atoms with van der Waals surface area (Å²) in [6.07, 6.45) is 3.52. The molecule has 0 heterocycles. The molecule has 0 radical (unpaired) electrons. The Morgan fingerprint density at radius 1 is 0.591 bits per heavy atom. The Balaban J connectivity index is 4.16. The Morgan fingerprint density at radius 3 is 1.18 bits per heavy atom. The van der Waals surface area contributed by atoms with E-state index in [4.69, 9.17) is 34.4 Å². The van der Waals surface area contributed by atoms with Crippen LogP contribution in [0.1, 0.15) is 25.7 Å². The molecular formula is C12H32N10. The highest BCUT2D eigenvalue weighted by molar-refractivity contribution is 5.75. The third kappa shape index (κ3) is 11.9. The minimum absolute atomic E-state index is 0.0575. The summed E-state index contributed by atoms with van der Waals surface area (Å²) in [5.41, 5.74) is 32.7. The molecule has 0 aliphatic rings. The van der Waals surface area contributed by atoms with Gasteiger partial charge in [0.2, 0.25) is 11.9 Å². The molecule has 0 saturated heterocycles. The second-order valence-electron chi connectivity index (χ2n) is 4.95. The molecule has 0 aromatic carbocycles. The highest BCUT2D eigenvalue weighted by Crippen LogP contribution is 2.01. The van der Waals surface area contributed by atoms with Crippen LogP contribution in [-0.2, 0) is 0 Å². The molecule has 0 atom stereocenters. The second kappa shape index (κ2) is 12.8. The van der Waals surface area contributed by atoms with Crippen molar-refractivity contribution < 1.29 is 0 Å². The van der Waals surface area contributed by atoms with Gasteiger partial charge in [-0.2, -0.15) is 0 Å². The third-order valence-corrected chi connectivity index (χ3v) is 2.84. The quantitative estimate of drug-likeness (QED) is 0.0926. The first-order valence-electron chi connectivity index (χ1n) is 7.58. The number of guanidine groups is 2. The van der Waals surface area contributed by atoms with Crippen LogP contribution in [0.4, 0.5) is 0 Å². The molecule has 0 aromatic heterocycles. The third-order valence-electron chi connectivity index (χ3n) is 2.84.